The average Bonchev–Trinajstić information content (AvgIpc) is 3.27. The van der Waals surface area contributed by atoms with E-state index in [9.17, 15) is 9.59 Å². The zero-order valence-corrected chi connectivity index (χ0v) is 17.2. The van der Waals surface area contributed by atoms with Gasteiger partial charge in [-0.3, -0.25) is 14.7 Å². The van der Waals surface area contributed by atoms with E-state index in [0.29, 0.717) is 25.9 Å². The van der Waals surface area contributed by atoms with Gasteiger partial charge in [-0.1, -0.05) is 18.2 Å². The van der Waals surface area contributed by atoms with Crippen molar-refractivity contribution in [3.8, 4) is 5.75 Å². The van der Waals surface area contributed by atoms with Gasteiger partial charge in [0, 0.05) is 30.6 Å². The van der Waals surface area contributed by atoms with Crippen LogP contribution in [-0.4, -0.2) is 40.7 Å². The first kappa shape index (κ1) is 20.9. The quantitative estimate of drug-likeness (QED) is 0.605. The number of carbonyl (C=O) groups is 2. The van der Waals surface area contributed by atoms with Crippen LogP contribution in [0.3, 0.4) is 0 Å². The molecule has 1 aromatic heterocycles. The zero-order chi connectivity index (χ0) is 20.6. The fourth-order valence-electron chi connectivity index (χ4n) is 3.63. The second kappa shape index (κ2) is 10.1. The van der Waals surface area contributed by atoms with Crippen LogP contribution >= 0.6 is 0 Å². The molecule has 0 unspecified atom stereocenters. The Balaban J connectivity index is 1.31. The Bertz CT molecular complexity index is 819. The van der Waals surface area contributed by atoms with Crippen LogP contribution in [0.15, 0.2) is 30.3 Å². The first-order valence-corrected chi connectivity index (χ1v) is 10.3. The van der Waals surface area contributed by atoms with Gasteiger partial charge in [-0.05, 0) is 50.8 Å². The molecule has 2 aromatic rings. The summed E-state index contributed by atoms with van der Waals surface area (Å²) in [5.41, 5.74) is 3.12. The third kappa shape index (κ3) is 6.34. The van der Waals surface area contributed by atoms with Gasteiger partial charge in [-0.2, -0.15) is 5.10 Å². The smallest absolute Gasteiger partial charge is 0.223 e. The largest absolute Gasteiger partial charge is 0.493 e. The highest BCUT2D eigenvalue weighted by Gasteiger charge is 2.27. The summed E-state index contributed by atoms with van der Waals surface area (Å²) in [6.07, 6.45) is 3.93. The number of amides is 2. The molecule has 0 spiro atoms. The number of ether oxygens (including phenoxy) is 1. The minimum Gasteiger partial charge on any atom is -0.493 e. The number of aromatic amines is 1. The van der Waals surface area contributed by atoms with Gasteiger partial charge in [0.25, 0.3) is 0 Å². The van der Waals surface area contributed by atoms with E-state index in [1.807, 2.05) is 44.2 Å². The molecule has 1 heterocycles. The number of para-hydroxylation sites is 1. The van der Waals surface area contributed by atoms with E-state index >= 15 is 0 Å². The average molecular weight is 399 g/mol. The lowest BCUT2D eigenvalue weighted by atomic mass is 10.1. The number of hydrogen-bond acceptors (Lipinski definition) is 4. The van der Waals surface area contributed by atoms with Crippen molar-refractivity contribution in [2.75, 3.05) is 6.61 Å². The molecule has 2 amide bonds. The van der Waals surface area contributed by atoms with Gasteiger partial charge >= 0.3 is 0 Å². The Kier molecular flexibility index (Phi) is 7.27. The highest BCUT2D eigenvalue weighted by Crippen LogP contribution is 2.20. The molecule has 0 radical (unpaired) electrons. The molecule has 7 heteroatoms. The van der Waals surface area contributed by atoms with E-state index in [1.165, 1.54) is 0 Å². The predicted octanol–water partition coefficient (Wildman–Crippen LogP) is 2.58. The highest BCUT2D eigenvalue weighted by atomic mass is 16.5. The molecule has 3 N–H and O–H groups in total. The van der Waals surface area contributed by atoms with Gasteiger partial charge in [0.15, 0.2) is 0 Å². The molecule has 1 aliphatic carbocycles. The Labute approximate surface area is 171 Å². The van der Waals surface area contributed by atoms with Crippen molar-refractivity contribution in [3.63, 3.8) is 0 Å². The number of benzene rings is 1. The topological polar surface area (TPSA) is 96.1 Å². The van der Waals surface area contributed by atoms with Crippen LogP contribution in [0.5, 0.6) is 5.75 Å². The maximum absolute atomic E-state index is 12.2. The zero-order valence-electron chi connectivity index (χ0n) is 17.2. The van der Waals surface area contributed by atoms with Crippen LogP contribution in [0.25, 0.3) is 0 Å². The first-order chi connectivity index (χ1) is 14.0. The molecule has 156 valence electrons. The minimum absolute atomic E-state index is 0.0118. The molecule has 1 fully saturated rings. The van der Waals surface area contributed by atoms with Crippen molar-refractivity contribution in [2.45, 2.75) is 64.5 Å². The fraction of sp³-hybridized carbons (Fsp3) is 0.500. The van der Waals surface area contributed by atoms with Crippen LogP contribution in [0.2, 0.25) is 0 Å². The molecular formula is C22H30N4O3. The van der Waals surface area contributed by atoms with Gasteiger partial charge in [0.1, 0.15) is 5.75 Å². The summed E-state index contributed by atoms with van der Waals surface area (Å²) in [5, 5.41) is 13.3. The summed E-state index contributed by atoms with van der Waals surface area (Å²) in [6, 6.07) is 9.70. The lowest BCUT2D eigenvalue weighted by Gasteiger charge is -2.15. The van der Waals surface area contributed by atoms with Crippen molar-refractivity contribution in [3.05, 3.63) is 47.3 Å². The number of aryl methyl sites for hydroxylation is 2. The Hall–Kier alpha value is -2.83. The third-order valence-corrected chi connectivity index (χ3v) is 5.45. The second-order valence-corrected chi connectivity index (χ2v) is 7.67. The number of hydrogen-bond donors (Lipinski definition) is 3. The number of carbonyl (C=O) groups excluding carboxylic acids is 2. The number of nitrogens with one attached hydrogen (secondary N) is 3. The van der Waals surface area contributed by atoms with Gasteiger partial charge < -0.3 is 15.4 Å². The van der Waals surface area contributed by atoms with Gasteiger partial charge in [0.2, 0.25) is 11.8 Å². The standard InChI is InChI=1S/C22H30N4O3/c1-15-16(2)25-26-20(15)10-11-21(27)23-17-8-9-18(14-17)24-22(28)12-13-29-19-6-4-3-5-7-19/h3-7,17-18H,8-14H2,1-2H3,(H,23,27)(H,24,28)(H,25,26)/t17-,18+/m0/s1. The lowest BCUT2D eigenvalue weighted by molar-refractivity contribution is -0.122. The number of H-pyrrole nitrogens is 1. The molecule has 1 saturated carbocycles. The second-order valence-electron chi connectivity index (χ2n) is 7.67. The molecule has 1 aliphatic rings. The van der Waals surface area contributed by atoms with E-state index in [1.54, 1.807) is 0 Å². The van der Waals surface area contributed by atoms with Crippen molar-refractivity contribution < 1.29 is 14.3 Å². The van der Waals surface area contributed by atoms with Gasteiger partial charge in [0.05, 0.1) is 18.7 Å². The molecule has 0 bridgehead atoms. The molecule has 7 nitrogen and oxygen atoms in total. The molecule has 0 saturated heterocycles. The third-order valence-electron chi connectivity index (χ3n) is 5.45. The predicted molar refractivity (Wildman–Crippen MR) is 111 cm³/mol. The van der Waals surface area contributed by atoms with Crippen LogP contribution in [-0.2, 0) is 16.0 Å². The van der Waals surface area contributed by atoms with Crippen LogP contribution in [0.1, 0.15) is 49.1 Å². The Morgan fingerprint density at radius 3 is 2.34 bits per heavy atom. The lowest BCUT2D eigenvalue weighted by Crippen LogP contribution is -2.37. The summed E-state index contributed by atoms with van der Waals surface area (Å²) in [7, 11) is 0. The van der Waals surface area contributed by atoms with Crippen molar-refractivity contribution in [2.24, 2.45) is 0 Å². The minimum atomic E-state index is -0.0118. The first-order valence-electron chi connectivity index (χ1n) is 10.3. The number of aromatic nitrogens is 2. The number of nitrogens with zero attached hydrogens (tertiary/aromatic N) is 1. The number of rotatable bonds is 9. The fourth-order valence-corrected chi connectivity index (χ4v) is 3.63. The van der Waals surface area contributed by atoms with Crippen LogP contribution < -0.4 is 15.4 Å². The van der Waals surface area contributed by atoms with Crippen molar-refractivity contribution in [1.82, 2.24) is 20.8 Å². The van der Waals surface area contributed by atoms with E-state index in [4.69, 9.17) is 4.74 Å². The molecule has 3 rings (SSSR count). The van der Waals surface area contributed by atoms with Gasteiger partial charge in [-0.25, -0.2) is 0 Å². The summed E-state index contributed by atoms with van der Waals surface area (Å²) in [5.74, 6) is 0.796. The maximum Gasteiger partial charge on any atom is 0.223 e. The van der Waals surface area contributed by atoms with Gasteiger partial charge in [-0.15, -0.1) is 0 Å². The molecular weight excluding hydrogens is 368 g/mol. The van der Waals surface area contributed by atoms with Crippen molar-refractivity contribution >= 4 is 11.8 Å². The SMILES string of the molecule is Cc1[nH]nc(CCC(=O)N[C@H]2CC[C@@H](NC(=O)CCOc3ccccc3)C2)c1C. The summed E-state index contributed by atoms with van der Waals surface area (Å²) < 4.78 is 5.56. The summed E-state index contributed by atoms with van der Waals surface area (Å²) in [6.45, 7) is 4.35. The van der Waals surface area contributed by atoms with Crippen LogP contribution in [0.4, 0.5) is 0 Å². The van der Waals surface area contributed by atoms with E-state index in [0.717, 1.165) is 42.0 Å². The Morgan fingerprint density at radius 2 is 1.72 bits per heavy atom. The molecule has 29 heavy (non-hydrogen) atoms. The monoisotopic (exact) mass is 398 g/mol. The van der Waals surface area contributed by atoms with E-state index in [-0.39, 0.29) is 23.9 Å². The summed E-state index contributed by atoms with van der Waals surface area (Å²) in [4.78, 5) is 24.4. The maximum atomic E-state index is 12.2. The molecule has 0 aliphatic heterocycles. The van der Waals surface area contributed by atoms with E-state index in [2.05, 4.69) is 20.8 Å². The Morgan fingerprint density at radius 1 is 1.07 bits per heavy atom. The molecule has 1 aromatic carbocycles. The highest BCUT2D eigenvalue weighted by molar-refractivity contribution is 5.77. The van der Waals surface area contributed by atoms with Crippen LogP contribution in [0, 0.1) is 13.8 Å². The normalized spacial score (nSPS) is 18.4. The molecule has 2 atom stereocenters. The van der Waals surface area contributed by atoms with E-state index < -0.39 is 0 Å². The van der Waals surface area contributed by atoms with Crippen molar-refractivity contribution in [1.29, 1.82) is 0 Å². The summed E-state index contributed by atoms with van der Waals surface area (Å²) >= 11 is 0.